The molecule has 2 aromatic heterocycles. The van der Waals surface area contributed by atoms with Gasteiger partial charge in [-0.2, -0.15) is 0 Å². The van der Waals surface area contributed by atoms with Crippen molar-refractivity contribution in [2.75, 3.05) is 0 Å². The number of hydrogen-bond donors (Lipinski definition) is 0. The summed E-state index contributed by atoms with van der Waals surface area (Å²) in [5.41, 5.74) is 10.0. The van der Waals surface area contributed by atoms with Gasteiger partial charge in [0.2, 0.25) is 0 Å². The van der Waals surface area contributed by atoms with Gasteiger partial charge in [0, 0.05) is 32.8 Å². The largest absolute Gasteiger partial charge is 0.455 e. The third-order valence-corrected chi connectivity index (χ3v) is 10.6. The molecular weight excluding hydrogens is 607 g/mol. The van der Waals surface area contributed by atoms with Crippen molar-refractivity contribution >= 4 is 76.1 Å². The van der Waals surface area contributed by atoms with Gasteiger partial charge in [0.15, 0.2) is 0 Å². The topological polar surface area (TPSA) is 18.1 Å². The molecule has 0 aliphatic heterocycles. The molecule has 0 aliphatic carbocycles. The minimum absolute atomic E-state index is 0.917. The van der Waals surface area contributed by atoms with Crippen molar-refractivity contribution in [3.05, 3.63) is 176 Å². The standard InChI is InChI=1S/C48H29NO/c1-2-15-37-35(13-1)36-14-3-4-16-38(36)43-29-33(24-25-39(37)43)49-45-21-7-5-17-40(45)44-28-31(23-26-46(44)49)30-11-9-12-32(27-30)34-19-10-20-42-41-18-6-8-22-47(41)50-48(34)42/h1-29H. The maximum Gasteiger partial charge on any atom is 0.143 e. The van der Waals surface area contributed by atoms with Crippen LogP contribution in [0.2, 0.25) is 0 Å². The summed E-state index contributed by atoms with van der Waals surface area (Å²) in [6.45, 7) is 0. The molecule has 50 heavy (non-hydrogen) atoms. The summed E-state index contributed by atoms with van der Waals surface area (Å²) < 4.78 is 8.83. The maximum absolute atomic E-state index is 6.40. The lowest BCUT2D eigenvalue weighted by molar-refractivity contribution is 0.670. The summed E-state index contributed by atoms with van der Waals surface area (Å²) in [7, 11) is 0. The van der Waals surface area contributed by atoms with E-state index < -0.39 is 0 Å². The highest BCUT2D eigenvalue weighted by molar-refractivity contribution is 6.25. The van der Waals surface area contributed by atoms with Gasteiger partial charge in [-0.05, 0) is 91.5 Å². The van der Waals surface area contributed by atoms with E-state index in [4.69, 9.17) is 4.42 Å². The third-order valence-electron chi connectivity index (χ3n) is 10.6. The van der Waals surface area contributed by atoms with Gasteiger partial charge in [-0.3, -0.25) is 0 Å². The van der Waals surface area contributed by atoms with E-state index in [1.165, 1.54) is 65.3 Å². The van der Waals surface area contributed by atoms with Gasteiger partial charge in [0.25, 0.3) is 0 Å². The molecule has 2 heterocycles. The van der Waals surface area contributed by atoms with Crippen LogP contribution >= 0.6 is 0 Å². The minimum Gasteiger partial charge on any atom is -0.455 e. The Labute approximate surface area is 288 Å². The van der Waals surface area contributed by atoms with Crippen molar-refractivity contribution in [1.29, 1.82) is 0 Å². The molecule has 0 N–H and O–H groups in total. The molecule has 0 radical (unpaired) electrons. The fourth-order valence-corrected chi connectivity index (χ4v) is 8.31. The number of aromatic nitrogens is 1. The molecule has 0 saturated heterocycles. The summed E-state index contributed by atoms with van der Waals surface area (Å²) in [5, 5.41) is 12.5. The first-order valence-electron chi connectivity index (χ1n) is 17.2. The van der Waals surface area contributed by atoms with Crippen molar-refractivity contribution < 1.29 is 4.42 Å². The van der Waals surface area contributed by atoms with Crippen molar-refractivity contribution in [3.63, 3.8) is 0 Å². The normalized spacial score (nSPS) is 12.0. The lowest BCUT2D eigenvalue weighted by Crippen LogP contribution is -1.94. The van der Waals surface area contributed by atoms with E-state index in [1.54, 1.807) is 0 Å². The Balaban J connectivity index is 1.09. The SMILES string of the molecule is c1cc(-c2ccc3c(c2)c2ccccc2n3-c2ccc3c4ccccc4c4ccccc4c3c2)cc(-c2cccc3c2oc2ccccc23)c1. The Hall–Kier alpha value is -6.64. The predicted octanol–water partition coefficient (Wildman–Crippen LogP) is 13.5. The molecule has 0 fully saturated rings. The maximum atomic E-state index is 6.40. The average Bonchev–Trinajstić information content (AvgIpc) is 3.73. The number of rotatable bonds is 3. The van der Waals surface area contributed by atoms with Gasteiger partial charge in [-0.25, -0.2) is 0 Å². The molecule has 2 nitrogen and oxygen atoms in total. The molecular formula is C48H29NO. The van der Waals surface area contributed by atoms with Crippen molar-refractivity contribution in [3.8, 4) is 27.9 Å². The fraction of sp³-hybridized carbons (Fsp3) is 0. The van der Waals surface area contributed by atoms with Crippen molar-refractivity contribution in [1.82, 2.24) is 4.57 Å². The zero-order chi connectivity index (χ0) is 32.8. The number of fused-ring (bicyclic) bond motifs is 12. The van der Waals surface area contributed by atoms with E-state index in [2.05, 4.69) is 168 Å². The summed E-state index contributed by atoms with van der Waals surface area (Å²) in [4.78, 5) is 0. The second kappa shape index (κ2) is 10.4. The lowest BCUT2D eigenvalue weighted by Gasteiger charge is -2.14. The zero-order valence-corrected chi connectivity index (χ0v) is 27.1. The van der Waals surface area contributed by atoms with Gasteiger partial charge in [-0.1, -0.05) is 133 Å². The van der Waals surface area contributed by atoms with Gasteiger partial charge >= 0.3 is 0 Å². The second-order valence-electron chi connectivity index (χ2n) is 13.3. The first-order valence-corrected chi connectivity index (χ1v) is 17.2. The number of benzene rings is 9. The molecule has 232 valence electrons. The number of hydrogen-bond acceptors (Lipinski definition) is 1. The van der Waals surface area contributed by atoms with Crippen LogP contribution in [0, 0.1) is 0 Å². The van der Waals surface area contributed by atoms with E-state index in [0.29, 0.717) is 0 Å². The van der Waals surface area contributed by atoms with Gasteiger partial charge in [0.05, 0.1) is 11.0 Å². The van der Waals surface area contributed by atoms with E-state index in [9.17, 15) is 0 Å². The first-order chi connectivity index (χ1) is 24.8. The average molecular weight is 636 g/mol. The number of furan rings is 1. The molecule has 0 aliphatic rings. The monoisotopic (exact) mass is 635 g/mol. The fourth-order valence-electron chi connectivity index (χ4n) is 8.31. The highest BCUT2D eigenvalue weighted by atomic mass is 16.3. The van der Waals surface area contributed by atoms with Crippen molar-refractivity contribution in [2.45, 2.75) is 0 Å². The molecule has 11 rings (SSSR count). The first kappa shape index (κ1) is 27.3. The molecule has 11 aromatic rings. The minimum atomic E-state index is 0.917. The van der Waals surface area contributed by atoms with Crippen LogP contribution in [0.25, 0.3) is 104 Å². The predicted molar refractivity (Wildman–Crippen MR) is 211 cm³/mol. The van der Waals surface area contributed by atoms with Crippen LogP contribution in [-0.2, 0) is 0 Å². The molecule has 0 amide bonds. The van der Waals surface area contributed by atoms with E-state index in [-0.39, 0.29) is 0 Å². The molecule has 0 saturated carbocycles. The summed E-state index contributed by atoms with van der Waals surface area (Å²) in [5.74, 6) is 0. The van der Waals surface area contributed by atoms with Gasteiger partial charge in [-0.15, -0.1) is 0 Å². The number of nitrogens with zero attached hydrogens (tertiary/aromatic N) is 1. The Morgan fingerprint density at radius 2 is 0.900 bits per heavy atom. The second-order valence-corrected chi connectivity index (χ2v) is 13.3. The molecule has 9 aromatic carbocycles. The van der Waals surface area contributed by atoms with Crippen LogP contribution < -0.4 is 0 Å². The van der Waals surface area contributed by atoms with E-state index in [1.807, 2.05) is 12.1 Å². The summed E-state index contributed by atoms with van der Waals surface area (Å²) >= 11 is 0. The van der Waals surface area contributed by atoms with Crippen LogP contribution in [0.15, 0.2) is 180 Å². The Morgan fingerprint density at radius 1 is 0.320 bits per heavy atom. The van der Waals surface area contributed by atoms with Crippen LogP contribution in [0.5, 0.6) is 0 Å². The van der Waals surface area contributed by atoms with Gasteiger partial charge in [0.1, 0.15) is 11.2 Å². The Kier molecular flexibility index (Phi) is 5.70. The van der Waals surface area contributed by atoms with Crippen LogP contribution in [0.3, 0.4) is 0 Å². The van der Waals surface area contributed by atoms with Gasteiger partial charge < -0.3 is 8.98 Å². The van der Waals surface area contributed by atoms with Crippen LogP contribution in [-0.4, -0.2) is 4.57 Å². The molecule has 0 bridgehead atoms. The number of para-hydroxylation sites is 3. The van der Waals surface area contributed by atoms with E-state index in [0.717, 1.165) is 38.8 Å². The molecule has 0 spiro atoms. The highest BCUT2D eigenvalue weighted by Crippen LogP contribution is 2.41. The van der Waals surface area contributed by atoms with Crippen LogP contribution in [0.1, 0.15) is 0 Å². The third kappa shape index (κ3) is 3.90. The Morgan fingerprint density at radius 3 is 1.70 bits per heavy atom. The van der Waals surface area contributed by atoms with E-state index >= 15 is 0 Å². The Bertz CT molecular complexity index is 3120. The van der Waals surface area contributed by atoms with Crippen LogP contribution in [0.4, 0.5) is 0 Å². The highest BCUT2D eigenvalue weighted by Gasteiger charge is 2.17. The lowest BCUT2D eigenvalue weighted by atomic mass is 9.94. The molecule has 2 heteroatoms. The molecule has 0 atom stereocenters. The smallest absolute Gasteiger partial charge is 0.143 e. The summed E-state index contributed by atoms with van der Waals surface area (Å²) in [6.07, 6.45) is 0. The van der Waals surface area contributed by atoms with Crippen molar-refractivity contribution in [2.24, 2.45) is 0 Å². The molecule has 0 unspecified atom stereocenters. The quantitative estimate of drug-likeness (QED) is 0.177. The summed E-state index contributed by atoms with van der Waals surface area (Å²) in [6, 6.07) is 63.8. The zero-order valence-electron chi connectivity index (χ0n) is 27.1.